The number of esters is 1. The van der Waals surface area contributed by atoms with E-state index in [0.29, 0.717) is 31.0 Å². The van der Waals surface area contributed by atoms with Gasteiger partial charge in [-0.2, -0.15) is 0 Å². The van der Waals surface area contributed by atoms with Crippen molar-refractivity contribution in [2.24, 2.45) is 5.73 Å². The number of rotatable bonds is 8. The van der Waals surface area contributed by atoms with Crippen LogP contribution in [0.25, 0.3) is 0 Å². The van der Waals surface area contributed by atoms with Crippen molar-refractivity contribution in [3.63, 3.8) is 0 Å². The third-order valence-corrected chi connectivity index (χ3v) is 2.43. The van der Waals surface area contributed by atoms with Gasteiger partial charge in [-0.25, -0.2) is 0 Å². The zero-order valence-corrected chi connectivity index (χ0v) is 11.6. The molecule has 1 aromatic rings. The Hall–Kier alpha value is -2.08. The summed E-state index contributed by atoms with van der Waals surface area (Å²) in [4.78, 5) is 22.7. The van der Waals surface area contributed by atoms with Crippen LogP contribution < -0.4 is 15.8 Å². The average molecular weight is 280 g/mol. The maximum absolute atomic E-state index is 11.6. The summed E-state index contributed by atoms with van der Waals surface area (Å²) in [5.74, 6) is 0.142. The lowest BCUT2D eigenvalue weighted by Gasteiger charge is -2.07. The van der Waals surface area contributed by atoms with Crippen LogP contribution in [-0.2, 0) is 9.53 Å². The SMILES string of the molecule is CCOC(=O)CCOc1ccc(C(=O)NCCN)cc1. The van der Waals surface area contributed by atoms with Crippen molar-refractivity contribution in [1.82, 2.24) is 5.32 Å². The van der Waals surface area contributed by atoms with E-state index in [9.17, 15) is 9.59 Å². The highest BCUT2D eigenvalue weighted by Crippen LogP contribution is 2.12. The molecule has 0 aliphatic carbocycles. The van der Waals surface area contributed by atoms with Crippen molar-refractivity contribution < 1.29 is 19.1 Å². The Labute approximate surface area is 118 Å². The lowest BCUT2D eigenvalue weighted by atomic mass is 10.2. The largest absolute Gasteiger partial charge is 0.493 e. The predicted octanol–water partition coefficient (Wildman–Crippen LogP) is 0.707. The zero-order valence-electron chi connectivity index (χ0n) is 11.6. The van der Waals surface area contributed by atoms with Crippen LogP contribution in [0.4, 0.5) is 0 Å². The molecule has 1 amide bonds. The summed E-state index contributed by atoms with van der Waals surface area (Å²) < 4.78 is 10.2. The molecule has 0 bridgehead atoms. The molecule has 0 saturated carbocycles. The van der Waals surface area contributed by atoms with E-state index >= 15 is 0 Å². The normalized spacial score (nSPS) is 9.90. The molecule has 0 unspecified atom stereocenters. The van der Waals surface area contributed by atoms with Gasteiger partial charge in [0.15, 0.2) is 0 Å². The van der Waals surface area contributed by atoms with E-state index < -0.39 is 0 Å². The zero-order chi connectivity index (χ0) is 14.8. The van der Waals surface area contributed by atoms with Crippen LogP contribution in [0.1, 0.15) is 23.7 Å². The summed E-state index contributed by atoms with van der Waals surface area (Å²) in [6.07, 6.45) is 0.201. The summed E-state index contributed by atoms with van der Waals surface area (Å²) in [5, 5.41) is 2.67. The highest BCUT2D eigenvalue weighted by molar-refractivity contribution is 5.94. The Kier molecular flexibility index (Phi) is 7.13. The van der Waals surface area contributed by atoms with Gasteiger partial charge >= 0.3 is 5.97 Å². The highest BCUT2D eigenvalue weighted by atomic mass is 16.5. The Bertz CT molecular complexity index is 431. The van der Waals surface area contributed by atoms with E-state index in [4.69, 9.17) is 15.2 Å². The van der Waals surface area contributed by atoms with Crippen LogP contribution in [0, 0.1) is 0 Å². The number of amides is 1. The minimum absolute atomic E-state index is 0.173. The molecule has 0 saturated heterocycles. The summed E-state index contributed by atoms with van der Waals surface area (Å²) in [6.45, 7) is 3.22. The first kappa shape index (κ1) is 16.0. The number of ether oxygens (including phenoxy) is 2. The van der Waals surface area contributed by atoms with Gasteiger partial charge in [0.1, 0.15) is 5.75 Å². The molecule has 1 aromatic carbocycles. The average Bonchev–Trinajstić information content (AvgIpc) is 2.46. The van der Waals surface area contributed by atoms with E-state index in [0.717, 1.165) is 0 Å². The van der Waals surface area contributed by atoms with E-state index in [1.807, 2.05) is 0 Å². The molecule has 0 radical (unpaired) electrons. The van der Waals surface area contributed by atoms with Gasteiger partial charge in [0, 0.05) is 18.7 Å². The number of benzene rings is 1. The standard InChI is InChI=1S/C14H20N2O4/c1-2-19-13(17)7-10-20-12-5-3-11(4-6-12)14(18)16-9-8-15/h3-6H,2,7-10,15H2,1H3,(H,16,18). The van der Waals surface area contributed by atoms with E-state index in [2.05, 4.69) is 5.32 Å². The van der Waals surface area contributed by atoms with Crippen LogP contribution >= 0.6 is 0 Å². The molecule has 0 atom stereocenters. The van der Waals surface area contributed by atoms with Crippen LogP contribution in [-0.4, -0.2) is 38.2 Å². The number of carbonyl (C=O) groups excluding carboxylic acids is 2. The Morgan fingerprint density at radius 3 is 2.55 bits per heavy atom. The van der Waals surface area contributed by atoms with Gasteiger partial charge in [-0.3, -0.25) is 9.59 Å². The number of nitrogens with two attached hydrogens (primary N) is 1. The number of carbonyl (C=O) groups is 2. The summed E-state index contributed by atoms with van der Waals surface area (Å²) >= 11 is 0. The predicted molar refractivity (Wildman–Crippen MR) is 74.6 cm³/mol. The molecule has 0 spiro atoms. The van der Waals surface area contributed by atoms with Crippen molar-refractivity contribution in [2.45, 2.75) is 13.3 Å². The van der Waals surface area contributed by atoms with Crippen LogP contribution in [0.5, 0.6) is 5.75 Å². The molecule has 3 N–H and O–H groups in total. The van der Waals surface area contributed by atoms with Crippen LogP contribution in [0.15, 0.2) is 24.3 Å². The van der Waals surface area contributed by atoms with E-state index in [1.54, 1.807) is 31.2 Å². The fraction of sp³-hybridized carbons (Fsp3) is 0.429. The van der Waals surface area contributed by atoms with Gasteiger partial charge in [-0.15, -0.1) is 0 Å². The molecule has 0 aliphatic heterocycles. The first-order valence-electron chi connectivity index (χ1n) is 6.54. The van der Waals surface area contributed by atoms with Crippen molar-refractivity contribution in [1.29, 1.82) is 0 Å². The monoisotopic (exact) mass is 280 g/mol. The molecule has 110 valence electrons. The summed E-state index contributed by atoms with van der Waals surface area (Å²) in [7, 11) is 0. The number of nitrogens with one attached hydrogen (secondary N) is 1. The molecule has 6 nitrogen and oxygen atoms in total. The fourth-order valence-corrected chi connectivity index (χ4v) is 1.48. The second-order valence-electron chi connectivity index (χ2n) is 3.97. The first-order chi connectivity index (χ1) is 9.67. The minimum atomic E-state index is -0.287. The maximum Gasteiger partial charge on any atom is 0.309 e. The van der Waals surface area contributed by atoms with Gasteiger partial charge in [0.2, 0.25) is 0 Å². The topological polar surface area (TPSA) is 90.6 Å². The highest BCUT2D eigenvalue weighted by Gasteiger charge is 2.05. The van der Waals surface area contributed by atoms with Gasteiger partial charge in [-0.1, -0.05) is 0 Å². The lowest BCUT2D eigenvalue weighted by molar-refractivity contribution is -0.143. The van der Waals surface area contributed by atoms with Crippen molar-refractivity contribution in [3.05, 3.63) is 29.8 Å². The molecule has 0 heterocycles. The minimum Gasteiger partial charge on any atom is -0.493 e. The molecule has 1 rings (SSSR count). The third kappa shape index (κ3) is 5.71. The van der Waals surface area contributed by atoms with Gasteiger partial charge in [0.05, 0.1) is 19.6 Å². The number of hydrogen-bond donors (Lipinski definition) is 2. The smallest absolute Gasteiger partial charge is 0.309 e. The van der Waals surface area contributed by atoms with E-state index in [1.165, 1.54) is 0 Å². The van der Waals surface area contributed by atoms with Gasteiger partial charge in [0.25, 0.3) is 5.91 Å². The molecular weight excluding hydrogens is 260 g/mol. The molecule has 0 fully saturated rings. The molecule has 0 aliphatic rings. The van der Waals surface area contributed by atoms with Crippen molar-refractivity contribution >= 4 is 11.9 Å². The third-order valence-electron chi connectivity index (χ3n) is 2.43. The van der Waals surface area contributed by atoms with Crippen LogP contribution in [0.2, 0.25) is 0 Å². The Morgan fingerprint density at radius 2 is 1.95 bits per heavy atom. The van der Waals surface area contributed by atoms with Gasteiger partial charge < -0.3 is 20.5 Å². The second kappa shape index (κ2) is 8.92. The number of hydrogen-bond acceptors (Lipinski definition) is 5. The summed E-state index contributed by atoms with van der Waals surface area (Å²) in [6, 6.07) is 6.68. The molecule has 6 heteroatoms. The molecule has 20 heavy (non-hydrogen) atoms. The Morgan fingerprint density at radius 1 is 1.25 bits per heavy atom. The van der Waals surface area contributed by atoms with Crippen molar-refractivity contribution in [2.75, 3.05) is 26.3 Å². The Balaban J connectivity index is 2.38. The quantitative estimate of drug-likeness (QED) is 0.684. The van der Waals surface area contributed by atoms with E-state index in [-0.39, 0.29) is 24.9 Å². The lowest BCUT2D eigenvalue weighted by Crippen LogP contribution is -2.28. The maximum atomic E-state index is 11.6. The molecule has 0 aromatic heterocycles. The summed E-state index contributed by atoms with van der Waals surface area (Å²) in [5.41, 5.74) is 5.85. The van der Waals surface area contributed by atoms with Crippen molar-refractivity contribution in [3.8, 4) is 5.75 Å². The first-order valence-corrected chi connectivity index (χ1v) is 6.54. The fourth-order valence-electron chi connectivity index (χ4n) is 1.48. The second-order valence-corrected chi connectivity index (χ2v) is 3.97. The van der Waals surface area contributed by atoms with Gasteiger partial charge in [-0.05, 0) is 31.2 Å². The van der Waals surface area contributed by atoms with Crippen LogP contribution in [0.3, 0.4) is 0 Å². The molecular formula is C14H20N2O4.